The molecule has 1 aromatic heterocycles. The zero-order valence-corrected chi connectivity index (χ0v) is 11.3. The maximum Gasteiger partial charge on any atom is 0.291 e. The number of carbonyl (C=O) groups is 1. The summed E-state index contributed by atoms with van der Waals surface area (Å²) < 4.78 is 40.5. The summed E-state index contributed by atoms with van der Waals surface area (Å²) in [5.74, 6) is -1.66. The third-order valence-electron chi connectivity index (χ3n) is 2.25. The van der Waals surface area contributed by atoms with Crippen LogP contribution in [0.15, 0.2) is 39.6 Å². The highest BCUT2D eigenvalue weighted by molar-refractivity contribution is 7.89. The number of rotatable bonds is 3. The van der Waals surface area contributed by atoms with Gasteiger partial charge in [0.25, 0.3) is 5.91 Å². The van der Waals surface area contributed by atoms with Gasteiger partial charge in [0, 0.05) is 5.69 Å². The Kier molecular flexibility index (Phi) is 3.80. The molecule has 2 rings (SSSR count). The lowest BCUT2D eigenvalue weighted by Crippen LogP contribution is -2.15. The molecule has 0 saturated heterocycles. The molecule has 0 atom stereocenters. The molecule has 106 valence electrons. The number of anilines is 1. The van der Waals surface area contributed by atoms with Gasteiger partial charge in [-0.25, -0.2) is 17.9 Å². The van der Waals surface area contributed by atoms with Crippen LogP contribution in [0.4, 0.5) is 10.1 Å². The van der Waals surface area contributed by atoms with Crippen molar-refractivity contribution in [1.82, 2.24) is 0 Å². The van der Waals surface area contributed by atoms with Crippen LogP contribution >= 0.6 is 11.6 Å². The third kappa shape index (κ3) is 3.35. The molecule has 0 aliphatic carbocycles. The van der Waals surface area contributed by atoms with Crippen LogP contribution in [0.5, 0.6) is 0 Å². The molecule has 0 radical (unpaired) electrons. The van der Waals surface area contributed by atoms with Crippen molar-refractivity contribution in [3.05, 3.63) is 47.1 Å². The van der Waals surface area contributed by atoms with Crippen LogP contribution in [0.3, 0.4) is 0 Å². The van der Waals surface area contributed by atoms with Crippen molar-refractivity contribution in [3.63, 3.8) is 0 Å². The molecule has 1 amide bonds. The summed E-state index contributed by atoms with van der Waals surface area (Å²) in [6, 6.07) is 5.39. The highest BCUT2D eigenvalue weighted by Crippen LogP contribution is 2.19. The Morgan fingerprint density at radius 2 is 2.00 bits per heavy atom. The number of nitrogens with one attached hydrogen (secondary N) is 1. The Hall–Kier alpha value is -1.90. The van der Waals surface area contributed by atoms with Crippen LogP contribution in [0.2, 0.25) is 5.22 Å². The lowest BCUT2D eigenvalue weighted by Gasteiger charge is -2.06. The zero-order chi connectivity index (χ0) is 14.9. The lowest BCUT2D eigenvalue weighted by molar-refractivity contribution is 0.0996. The standard InChI is InChI=1S/C11H8ClFN2O4S/c12-10-2-1-9(19-10)11(16)15-7-3-6(13)4-8(5-7)20(14,17)18/h1-5H,(H,15,16)(H2,14,17,18). The van der Waals surface area contributed by atoms with Crippen molar-refractivity contribution in [3.8, 4) is 0 Å². The molecule has 0 unspecified atom stereocenters. The molecule has 3 N–H and O–H groups in total. The number of carbonyl (C=O) groups excluding carboxylic acids is 1. The summed E-state index contributed by atoms with van der Waals surface area (Å²) in [7, 11) is -4.08. The maximum absolute atomic E-state index is 13.3. The smallest absolute Gasteiger partial charge is 0.291 e. The second kappa shape index (κ2) is 5.23. The Balaban J connectivity index is 2.30. The number of hydrogen-bond donors (Lipinski definition) is 2. The van der Waals surface area contributed by atoms with E-state index < -0.39 is 26.6 Å². The Morgan fingerprint density at radius 3 is 2.55 bits per heavy atom. The Labute approximate surface area is 118 Å². The molecule has 0 aliphatic heterocycles. The predicted octanol–water partition coefficient (Wildman–Crippen LogP) is 1.97. The van der Waals surface area contributed by atoms with Crippen LogP contribution in [-0.4, -0.2) is 14.3 Å². The second-order valence-corrected chi connectivity index (χ2v) is 5.71. The van der Waals surface area contributed by atoms with E-state index in [4.69, 9.17) is 21.2 Å². The van der Waals surface area contributed by atoms with Crippen molar-refractivity contribution < 1.29 is 22.0 Å². The molecule has 0 aliphatic rings. The molecule has 20 heavy (non-hydrogen) atoms. The van der Waals surface area contributed by atoms with E-state index in [1.807, 2.05) is 0 Å². The number of amides is 1. The van der Waals surface area contributed by atoms with Crippen molar-refractivity contribution in [1.29, 1.82) is 0 Å². The minimum absolute atomic E-state index is 0.0135. The van der Waals surface area contributed by atoms with Gasteiger partial charge in [-0.05, 0) is 41.9 Å². The van der Waals surface area contributed by atoms with Crippen LogP contribution < -0.4 is 10.5 Å². The molecule has 0 fully saturated rings. The van der Waals surface area contributed by atoms with E-state index in [1.165, 1.54) is 12.1 Å². The maximum atomic E-state index is 13.3. The molecule has 0 bridgehead atoms. The fourth-order valence-electron chi connectivity index (χ4n) is 1.43. The molecule has 9 heteroatoms. The first-order valence-electron chi connectivity index (χ1n) is 5.16. The van der Waals surface area contributed by atoms with Gasteiger partial charge in [0.15, 0.2) is 11.0 Å². The van der Waals surface area contributed by atoms with Crippen LogP contribution in [0.1, 0.15) is 10.6 Å². The first-order chi connectivity index (χ1) is 9.25. The molecule has 2 aromatic rings. The van der Waals surface area contributed by atoms with E-state index in [-0.39, 0.29) is 16.7 Å². The average molecular weight is 319 g/mol. The first-order valence-corrected chi connectivity index (χ1v) is 7.08. The van der Waals surface area contributed by atoms with Gasteiger partial charge in [0.2, 0.25) is 10.0 Å². The van der Waals surface area contributed by atoms with Crippen molar-refractivity contribution in [2.45, 2.75) is 4.90 Å². The van der Waals surface area contributed by atoms with Gasteiger partial charge in [-0.1, -0.05) is 0 Å². The topological polar surface area (TPSA) is 102 Å². The number of nitrogens with two attached hydrogens (primary N) is 1. The van der Waals surface area contributed by atoms with E-state index in [1.54, 1.807) is 0 Å². The average Bonchev–Trinajstić information content (AvgIpc) is 2.74. The molecule has 0 spiro atoms. The third-order valence-corrected chi connectivity index (χ3v) is 3.35. The van der Waals surface area contributed by atoms with Gasteiger partial charge in [-0.15, -0.1) is 0 Å². The summed E-state index contributed by atoms with van der Waals surface area (Å²) in [5, 5.41) is 7.18. The van der Waals surface area contributed by atoms with Crippen LogP contribution in [0, 0.1) is 5.82 Å². The molecule has 6 nitrogen and oxygen atoms in total. The summed E-state index contributed by atoms with van der Waals surface area (Å²) in [6.45, 7) is 0. The quantitative estimate of drug-likeness (QED) is 0.903. The Morgan fingerprint density at radius 1 is 1.30 bits per heavy atom. The largest absolute Gasteiger partial charge is 0.440 e. The monoisotopic (exact) mass is 318 g/mol. The summed E-state index contributed by atoms with van der Waals surface area (Å²) in [4.78, 5) is 11.3. The highest BCUT2D eigenvalue weighted by Gasteiger charge is 2.15. The van der Waals surface area contributed by atoms with Crippen molar-refractivity contribution in [2.24, 2.45) is 5.14 Å². The van der Waals surface area contributed by atoms with E-state index in [0.29, 0.717) is 0 Å². The first kappa shape index (κ1) is 14.5. The molecular formula is C11H8ClFN2O4S. The number of sulfonamides is 1. The van der Waals surface area contributed by atoms with Crippen molar-refractivity contribution in [2.75, 3.05) is 5.32 Å². The van der Waals surface area contributed by atoms with E-state index in [2.05, 4.69) is 5.32 Å². The van der Waals surface area contributed by atoms with Gasteiger partial charge < -0.3 is 9.73 Å². The predicted molar refractivity (Wildman–Crippen MR) is 69.4 cm³/mol. The summed E-state index contributed by atoms with van der Waals surface area (Å²) >= 11 is 5.52. The molecule has 0 saturated carbocycles. The van der Waals surface area contributed by atoms with Gasteiger partial charge >= 0.3 is 0 Å². The number of primary sulfonamides is 1. The van der Waals surface area contributed by atoms with E-state index in [9.17, 15) is 17.6 Å². The minimum Gasteiger partial charge on any atom is -0.440 e. The van der Waals surface area contributed by atoms with Crippen LogP contribution in [0.25, 0.3) is 0 Å². The lowest BCUT2D eigenvalue weighted by atomic mass is 10.3. The Bertz CT molecular complexity index is 772. The molecular weight excluding hydrogens is 311 g/mol. The summed E-state index contributed by atoms with van der Waals surface area (Å²) in [5.41, 5.74) is -0.0773. The van der Waals surface area contributed by atoms with E-state index in [0.717, 1.165) is 18.2 Å². The van der Waals surface area contributed by atoms with Crippen LogP contribution in [-0.2, 0) is 10.0 Å². The summed E-state index contributed by atoms with van der Waals surface area (Å²) in [6.07, 6.45) is 0. The SMILES string of the molecule is NS(=O)(=O)c1cc(F)cc(NC(=O)c2ccc(Cl)o2)c1. The van der Waals surface area contributed by atoms with Gasteiger partial charge in [0.05, 0.1) is 4.90 Å². The van der Waals surface area contributed by atoms with E-state index >= 15 is 0 Å². The van der Waals surface area contributed by atoms with Gasteiger partial charge in [0.1, 0.15) is 5.82 Å². The minimum atomic E-state index is -4.08. The fraction of sp³-hybridized carbons (Fsp3) is 0. The normalized spacial score (nSPS) is 11.3. The number of hydrogen-bond acceptors (Lipinski definition) is 4. The second-order valence-electron chi connectivity index (χ2n) is 3.78. The highest BCUT2D eigenvalue weighted by atomic mass is 35.5. The number of furan rings is 1. The van der Waals surface area contributed by atoms with Crippen molar-refractivity contribution >= 4 is 33.2 Å². The zero-order valence-electron chi connectivity index (χ0n) is 9.76. The fourth-order valence-corrected chi connectivity index (χ4v) is 2.14. The number of benzene rings is 1. The number of halogens is 2. The molecule has 1 aromatic carbocycles. The van der Waals surface area contributed by atoms with Gasteiger partial charge in [-0.3, -0.25) is 4.79 Å². The molecule has 1 heterocycles. The van der Waals surface area contributed by atoms with Gasteiger partial charge in [-0.2, -0.15) is 0 Å².